The highest BCUT2D eigenvalue weighted by Crippen LogP contribution is 2.23. The zero-order valence-electron chi connectivity index (χ0n) is 12.8. The fourth-order valence-corrected chi connectivity index (χ4v) is 2.49. The van der Waals surface area contributed by atoms with Crippen LogP contribution in [0, 0.1) is 11.6 Å². The van der Waals surface area contributed by atoms with Gasteiger partial charge in [-0.2, -0.15) is 0 Å². The highest BCUT2D eigenvalue weighted by molar-refractivity contribution is 9.10. The predicted octanol–water partition coefficient (Wildman–Crippen LogP) is 5.06. The van der Waals surface area contributed by atoms with Crippen LogP contribution in [0.1, 0.15) is 17.5 Å². The van der Waals surface area contributed by atoms with Crippen LogP contribution >= 0.6 is 15.9 Å². The topological polar surface area (TPSA) is 38.3 Å². The Labute approximate surface area is 147 Å². The molecule has 6 heteroatoms. The molecule has 24 heavy (non-hydrogen) atoms. The van der Waals surface area contributed by atoms with E-state index in [0.29, 0.717) is 17.4 Å². The minimum absolute atomic E-state index is 0.205. The van der Waals surface area contributed by atoms with Gasteiger partial charge in [-0.25, -0.2) is 13.6 Å². The molecular weight excluding hydrogens is 380 g/mol. The van der Waals surface area contributed by atoms with Crippen molar-refractivity contribution in [3.05, 3.63) is 75.8 Å². The van der Waals surface area contributed by atoms with E-state index in [1.54, 1.807) is 6.08 Å². The van der Waals surface area contributed by atoms with Crippen LogP contribution in [0.25, 0.3) is 6.08 Å². The van der Waals surface area contributed by atoms with Crippen molar-refractivity contribution in [1.82, 2.24) is 5.32 Å². The predicted molar refractivity (Wildman–Crippen MR) is 92.3 cm³/mol. The third-order valence-corrected chi connectivity index (χ3v) is 3.78. The number of rotatable bonds is 6. The van der Waals surface area contributed by atoms with Gasteiger partial charge in [0.25, 0.3) is 0 Å². The molecule has 0 heterocycles. The van der Waals surface area contributed by atoms with E-state index < -0.39 is 17.7 Å². The molecule has 0 atom stereocenters. The molecule has 1 N–H and O–H groups in total. The molecule has 0 bridgehead atoms. The second kappa shape index (κ2) is 9.17. The average molecular weight is 396 g/mol. The summed E-state index contributed by atoms with van der Waals surface area (Å²) in [6.07, 6.45) is 3.21. The number of carbonyl (C=O) groups excluding carboxylic acids is 1. The summed E-state index contributed by atoms with van der Waals surface area (Å²) in [6.45, 7) is 0.556. The molecule has 0 fully saturated rings. The van der Waals surface area contributed by atoms with Crippen LogP contribution in [0.4, 0.5) is 13.6 Å². The summed E-state index contributed by atoms with van der Waals surface area (Å²) in [5.41, 5.74) is 1.17. The third-order valence-electron chi connectivity index (χ3n) is 3.12. The lowest BCUT2D eigenvalue weighted by Gasteiger charge is -2.06. The average Bonchev–Trinajstić information content (AvgIpc) is 2.55. The first kappa shape index (κ1) is 18.1. The lowest BCUT2D eigenvalue weighted by Crippen LogP contribution is -2.24. The van der Waals surface area contributed by atoms with Gasteiger partial charge in [0, 0.05) is 22.6 Å². The van der Waals surface area contributed by atoms with E-state index in [2.05, 4.69) is 21.2 Å². The minimum Gasteiger partial charge on any atom is -0.445 e. The van der Waals surface area contributed by atoms with Crippen LogP contribution < -0.4 is 5.32 Å². The Morgan fingerprint density at radius 2 is 1.96 bits per heavy atom. The first-order valence-corrected chi connectivity index (χ1v) is 8.11. The summed E-state index contributed by atoms with van der Waals surface area (Å²) in [7, 11) is 0. The molecule has 2 aromatic rings. The molecule has 0 aromatic heterocycles. The van der Waals surface area contributed by atoms with E-state index >= 15 is 0 Å². The van der Waals surface area contributed by atoms with Crippen molar-refractivity contribution in [3.8, 4) is 0 Å². The van der Waals surface area contributed by atoms with Gasteiger partial charge >= 0.3 is 6.09 Å². The highest BCUT2D eigenvalue weighted by atomic mass is 79.9. The van der Waals surface area contributed by atoms with Crippen LogP contribution in [-0.4, -0.2) is 12.6 Å². The molecule has 1 amide bonds. The Bertz CT molecular complexity index is 697. The maximum absolute atomic E-state index is 13.6. The summed E-state index contributed by atoms with van der Waals surface area (Å²) < 4.78 is 32.0. The monoisotopic (exact) mass is 395 g/mol. The fraction of sp³-hybridized carbons (Fsp3) is 0.167. The molecule has 0 saturated heterocycles. The fourth-order valence-electron chi connectivity index (χ4n) is 1.95. The largest absolute Gasteiger partial charge is 0.445 e. The number of benzene rings is 2. The van der Waals surface area contributed by atoms with Crippen molar-refractivity contribution in [2.24, 2.45) is 0 Å². The van der Waals surface area contributed by atoms with E-state index in [9.17, 15) is 13.6 Å². The van der Waals surface area contributed by atoms with Gasteiger partial charge in [-0.15, -0.1) is 0 Å². The van der Waals surface area contributed by atoms with Crippen LogP contribution in [0.15, 0.2) is 53.0 Å². The van der Waals surface area contributed by atoms with Gasteiger partial charge < -0.3 is 10.1 Å². The number of hydrogen-bond donors (Lipinski definition) is 1. The number of nitrogens with one attached hydrogen (secondary N) is 1. The third kappa shape index (κ3) is 5.77. The molecule has 126 valence electrons. The Kier molecular flexibility index (Phi) is 6.93. The van der Waals surface area contributed by atoms with Gasteiger partial charge in [0.15, 0.2) is 0 Å². The van der Waals surface area contributed by atoms with Gasteiger partial charge in [-0.3, -0.25) is 0 Å². The van der Waals surface area contributed by atoms with Crippen molar-refractivity contribution in [1.29, 1.82) is 0 Å². The number of halogens is 3. The molecule has 0 aliphatic heterocycles. The van der Waals surface area contributed by atoms with E-state index in [1.807, 2.05) is 30.3 Å². The molecule has 0 aliphatic carbocycles. The normalized spacial score (nSPS) is 10.8. The smallest absolute Gasteiger partial charge is 0.407 e. The summed E-state index contributed by atoms with van der Waals surface area (Å²) in [5.74, 6) is -1.28. The Morgan fingerprint density at radius 1 is 1.21 bits per heavy atom. The van der Waals surface area contributed by atoms with Gasteiger partial charge in [0.2, 0.25) is 0 Å². The second-order valence-electron chi connectivity index (χ2n) is 4.96. The Balaban J connectivity index is 1.72. The standard InChI is InChI=1S/C18H16BrF2NO2/c19-16-10-14(20)11-17(21)15(16)8-4-5-9-22-18(23)24-12-13-6-2-1-3-7-13/h1-4,6-8,10-11H,5,9,12H2,(H,22,23). The summed E-state index contributed by atoms with van der Waals surface area (Å²) >= 11 is 3.11. The lowest BCUT2D eigenvalue weighted by atomic mass is 10.2. The minimum atomic E-state index is -0.645. The highest BCUT2D eigenvalue weighted by Gasteiger charge is 2.06. The molecule has 2 aromatic carbocycles. The zero-order valence-corrected chi connectivity index (χ0v) is 14.4. The molecule has 3 nitrogen and oxygen atoms in total. The first-order chi connectivity index (χ1) is 11.6. The van der Waals surface area contributed by atoms with Crippen molar-refractivity contribution in [2.75, 3.05) is 6.54 Å². The molecular formula is C18H16BrF2NO2. The summed E-state index contributed by atoms with van der Waals surface area (Å²) in [4.78, 5) is 11.5. The van der Waals surface area contributed by atoms with E-state index in [1.165, 1.54) is 12.1 Å². The maximum atomic E-state index is 13.6. The molecule has 0 unspecified atom stereocenters. The Morgan fingerprint density at radius 3 is 2.67 bits per heavy atom. The van der Waals surface area contributed by atoms with Gasteiger partial charge in [-0.1, -0.05) is 42.5 Å². The molecule has 2 rings (SSSR count). The number of ether oxygens (including phenoxy) is 1. The zero-order chi connectivity index (χ0) is 17.4. The van der Waals surface area contributed by atoms with E-state index in [-0.39, 0.29) is 12.2 Å². The van der Waals surface area contributed by atoms with Crippen molar-refractivity contribution >= 4 is 28.1 Å². The van der Waals surface area contributed by atoms with Crippen LogP contribution in [0.3, 0.4) is 0 Å². The van der Waals surface area contributed by atoms with Gasteiger partial charge in [-0.05, 0) is 34.0 Å². The van der Waals surface area contributed by atoms with Crippen LogP contribution in [-0.2, 0) is 11.3 Å². The van der Waals surface area contributed by atoms with E-state index in [0.717, 1.165) is 11.6 Å². The van der Waals surface area contributed by atoms with E-state index in [4.69, 9.17) is 4.74 Å². The van der Waals surface area contributed by atoms with Gasteiger partial charge in [0.05, 0.1) is 0 Å². The summed E-state index contributed by atoms with van der Waals surface area (Å²) in [5, 5.41) is 2.60. The summed E-state index contributed by atoms with van der Waals surface area (Å²) in [6, 6.07) is 11.4. The number of amides is 1. The molecule has 0 saturated carbocycles. The van der Waals surface area contributed by atoms with Crippen LogP contribution in [0.2, 0.25) is 0 Å². The second-order valence-corrected chi connectivity index (χ2v) is 5.82. The first-order valence-electron chi connectivity index (χ1n) is 7.32. The Hall–Kier alpha value is -2.21. The number of hydrogen-bond acceptors (Lipinski definition) is 2. The molecule has 0 radical (unpaired) electrons. The molecule has 0 aliphatic rings. The molecule has 0 spiro atoms. The lowest BCUT2D eigenvalue weighted by molar-refractivity contribution is 0.140. The van der Waals surface area contributed by atoms with Gasteiger partial charge in [0.1, 0.15) is 18.2 Å². The number of carbonyl (C=O) groups is 1. The SMILES string of the molecule is O=C(NCCC=Cc1c(F)cc(F)cc1Br)OCc1ccccc1. The van der Waals surface area contributed by atoms with Crippen molar-refractivity contribution < 1.29 is 18.3 Å². The number of alkyl carbamates (subject to hydrolysis) is 1. The van der Waals surface area contributed by atoms with Crippen molar-refractivity contribution in [3.63, 3.8) is 0 Å². The quantitative estimate of drug-likeness (QED) is 0.694. The van der Waals surface area contributed by atoms with Crippen molar-refractivity contribution in [2.45, 2.75) is 13.0 Å². The maximum Gasteiger partial charge on any atom is 0.407 e. The van der Waals surface area contributed by atoms with Crippen LogP contribution in [0.5, 0.6) is 0 Å².